The molecular weight excluding hydrogens is 312 g/mol. The fourth-order valence-electron chi connectivity index (χ4n) is 2.00. The van der Waals surface area contributed by atoms with E-state index in [1.54, 1.807) is 12.1 Å². The van der Waals surface area contributed by atoms with Crippen molar-refractivity contribution in [1.82, 2.24) is 5.32 Å². The van der Waals surface area contributed by atoms with E-state index in [2.05, 4.69) is 10.3 Å². The Labute approximate surface area is 137 Å². The molecule has 0 bridgehead atoms. The average molecular weight is 326 g/mol. The molecule has 2 aromatic carbocycles. The van der Waals surface area contributed by atoms with Crippen LogP contribution in [0.2, 0.25) is 0 Å². The fourth-order valence-corrected chi connectivity index (χ4v) is 2.84. The first-order valence-corrected chi connectivity index (χ1v) is 7.71. The third-order valence-corrected chi connectivity index (χ3v) is 4.12. The molecule has 5 nitrogen and oxygen atoms in total. The smallest absolute Gasteiger partial charge is 0.264 e. The van der Waals surface area contributed by atoms with Gasteiger partial charge in [0.25, 0.3) is 5.91 Å². The van der Waals surface area contributed by atoms with Crippen LogP contribution in [0.3, 0.4) is 0 Å². The Hall–Kier alpha value is -2.73. The standard InChI is InChI=1S/C17H14N2O3S/c1-10-2-5-12(6-3-10)18-17-19-16(22)15(23-17)9-11-4-7-13(20)14(21)8-11/h2-9,20-21H,1H3,(H,18,19,22). The number of thioether (sulfide) groups is 1. The SMILES string of the molecule is Cc1ccc(N=C2NC(=O)C(=Cc3ccc(O)c(O)c3)S2)cc1. The molecule has 1 aliphatic heterocycles. The van der Waals surface area contributed by atoms with Gasteiger partial charge in [0.2, 0.25) is 0 Å². The number of nitrogens with zero attached hydrogens (tertiary/aromatic N) is 1. The number of hydrogen-bond donors (Lipinski definition) is 3. The number of nitrogens with one attached hydrogen (secondary N) is 1. The first kappa shape index (κ1) is 15.2. The number of phenols is 2. The van der Waals surface area contributed by atoms with E-state index in [1.807, 2.05) is 31.2 Å². The summed E-state index contributed by atoms with van der Waals surface area (Å²) in [5, 5.41) is 22.0. The Morgan fingerprint density at radius 2 is 1.83 bits per heavy atom. The molecule has 0 atom stereocenters. The van der Waals surface area contributed by atoms with Crippen LogP contribution >= 0.6 is 11.8 Å². The minimum atomic E-state index is -0.242. The second kappa shape index (κ2) is 6.18. The van der Waals surface area contributed by atoms with E-state index < -0.39 is 0 Å². The highest BCUT2D eigenvalue weighted by atomic mass is 32.2. The van der Waals surface area contributed by atoms with Gasteiger partial charge in [-0.2, -0.15) is 0 Å². The Balaban J connectivity index is 1.83. The molecule has 2 aromatic rings. The van der Waals surface area contributed by atoms with Crippen molar-refractivity contribution in [2.24, 2.45) is 4.99 Å². The average Bonchev–Trinajstić information content (AvgIpc) is 2.85. The van der Waals surface area contributed by atoms with Crippen LogP contribution < -0.4 is 5.32 Å². The molecule has 0 unspecified atom stereocenters. The van der Waals surface area contributed by atoms with E-state index in [4.69, 9.17) is 0 Å². The van der Waals surface area contributed by atoms with Gasteiger partial charge in [0.1, 0.15) is 0 Å². The molecule has 1 amide bonds. The number of amidine groups is 1. The summed E-state index contributed by atoms with van der Waals surface area (Å²) in [6.45, 7) is 2.00. The summed E-state index contributed by atoms with van der Waals surface area (Å²) in [7, 11) is 0. The Bertz CT molecular complexity index is 826. The lowest BCUT2D eigenvalue weighted by Crippen LogP contribution is -2.19. The zero-order valence-electron chi connectivity index (χ0n) is 12.3. The van der Waals surface area contributed by atoms with Gasteiger partial charge in [-0.25, -0.2) is 4.99 Å². The number of aromatic hydroxyl groups is 2. The van der Waals surface area contributed by atoms with Crippen molar-refractivity contribution in [2.45, 2.75) is 6.92 Å². The molecule has 1 aliphatic rings. The zero-order valence-corrected chi connectivity index (χ0v) is 13.1. The molecule has 3 rings (SSSR count). The summed E-state index contributed by atoms with van der Waals surface area (Å²) in [5.74, 6) is -0.665. The number of amides is 1. The number of carbonyl (C=O) groups excluding carboxylic acids is 1. The molecule has 1 heterocycles. The van der Waals surface area contributed by atoms with Crippen LogP contribution in [-0.4, -0.2) is 21.3 Å². The maximum absolute atomic E-state index is 12.0. The molecule has 1 saturated heterocycles. The molecule has 1 fully saturated rings. The normalized spacial score (nSPS) is 17.7. The number of phenolic OH excluding ortho intramolecular Hbond substituents is 2. The summed E-state index contributed by atoms with van der Waals surface area (Å²) in [5.41, 5.74) is 2.53. The van der Waals surface area contributed by atoms with E-state index in [1.165, 1.54) is 23.9 Å². The van der Waals surface area contributed by atoms with Gasteiger partial charge >= 0.3 is 0 Å². The van der Waals surface area contributed by atoms with Gasteiger partial charge in [-0.1, -0.05) is 23.8 Å². The monoisotopic (exact) mass is 326 g/mol. The largest absolute Gasteiger partial charge is 0.504 e. The minimum Gasteiger partial charge on any atom is -0.504 e. The number of benzene rings is 2. The lowest BCUT2D eigenvalue weighted by atomic mass is 10.2. The van der Waals surface area contributed by atoms with Crippen molar-refractivity contribution in [3.05, 3.63) is 58.5 Å². The van der Waals surface area contributed by atoms with Gasteiger partial charge in [0.15, 0.2) is 16.7 Å². The van der Waals surface area contributed by atoms with E-state index in [0.717, 1.165) is 11.3 Å². The van der Waals surface area contributed by atoms with E-state index in [0.29, 0.717) is 15.6 Å². The minimum absolute atomic E-state index is 0.197. The second-order valence-corrected chi connectivity index (χ2v) is 6.10. The predicted molar refractivity (Wildman–Crippen MR) is 91.8 cm³/mol. The quantitative estimate of drug-likeness (QED) is 0.584. The van der Waals surface area contributed by atoms with E-state index >= 15 is 0 Å². The summed E-state index contributed by atoms with van der Waals surface area (Å²) < 4.78 is 0. The molecular formula is C17H14N2O3S. The highest BCUT2D eigenvalue weighted by Gasteiger charge is 2.23. The zero-order chi connectivity index (χ0) is 16.4. The summed E-state index contributed by atoms with van der Waals surface area (Å²) >= 11 is 1.23. The molecule has 3 N–H and O–H groups in total. The topological polar surface area (TPSA) is 81.9 Å². The summed E-state index contributed by atoms with van der Waals surface area (Å²) in [6, 6.07) is 12.1. The van der Waals surface area contributed by atoms with Gasteiger partial charge in [0, 0.05) is 0 Å². The van der Waals surface area contributed by atoms with Gasteiger partial charge in [-0.15, -0.1) is 0 Å². The number of hydrogen-bond acceptors (Lipinski definition) is 5. The van der Waals surface area contributed by atoms with E-state index in [-0.39, 0.29) is 17.4 Å². The maximum Gasteiger partial charge on any atom is 0.264 e. The van der Waals surface area contributed by atoms with Crippen LogP contribution in [0.15, 0.2) is 52.4 Å². The first-order chi connectivity index (χ1) is 11.0. The van der Waals surface area contributed by atoms with Crippen LogP contribution in [0.25, 0.3) is 6.08 Å². The molecule has 116 valence electrons. The van der Waals surface area contributed by atoms with Crippen molar-refractivity contribution in [1.29, 1.82) is 0 Å². The third kappa shape index (κ3) is 3.54. The van der Waals surface area contributed by atoms with Crippen molar-refractivity contribution >= 4 is 34.6 Å². The van der Waals surface area contributed by atoms with Crippen molar-refractivity contribution < 1.29 is 15.0 Å². The van der Waals surface area contributed by atoms with Crippen molar-refractivity contribution in [3.63, 3.8) is 0 Å². The molecule has 0 spiro atoms. The van der Waals surface area contributed by atoms with Gasteiger partial charge in [0.05, 0.1) is 10.6 Å². The van der Waals surface area contributed by atoms with Crippen molar-refractivity contribution in [2.75, 3.05) is 0 Å². The molecule has 23 heavy (non-hydrogen) atoms. The number of carbonyl (C=O) groups is 1. The highest BCUT2D eigenvalue weighted by molar-refractivity contribution is 8.18. The lowest BCUT2D eigenvalue weighted by molar-refractivity contribution is -0.115. The van der Waals surface area contributed by atoms with Gasteiger partial charge in [-0.3, -0.25) is 4.79 Å². The maximum atomic E-state index is 12.0. The number of rotatable bonds is 2. The molecule has 0 saturated carbocycles. The summed E-state index contributed by atoms with van der Waals surface area (Å²) in [4.78, 5) is 16.9. The number of aryl methyl sites for hydroxylation is 1. The molecule has 0 aliphatic carbocycles. The van der Waals surface area contributed by atoms with Crippen molar-refractivity contribution in [3.8, 4) is 11.5 Å². The summed E-state index contributed by atoms with van der Waals surface area (Å²) in [6.07, 6.45) is 1.64. The van der Waals surface area contributed by atoms with Crippen LogP contribution in [0.1, 0.15) is 11.1 Å². The highest BCUT2D eigenvalue weighted by Crippen LogP contribution is 2.30. The van der Waals surface area contributed by atoms with Gasteiger partial charge in [-0.05, 0) is 54.6 Å². The van der Waals surface area contributed by atoms with Crippen LogP contribution in [0.5, 0.6) is 11.5 Å². The Morgan fingerprint density at radius 1 is 1.09 bits per heavy atom. The van der Waals surface area contributed by atoms with Crippen LogP contribution in [0, 0.1) is 6.92 Å². The Kier molecular flexibility index (Phi) is 4.08. The predicted octanol–water partition coefficient (Wildman–Crippen LogP) is 3.30. The van der Waals surface area contributed by atoms with Gasteiger partial charge < -0.3 is 15.5 Å². The fraction of sp³-hybridized carbons (Fsp3) is 0.0588. The molecule has 0 aromatic heterocycles. The molecule has 0 radical (unpaired) electrons. The van der Waals surface area contributed by atoms with Crippen LogP contribution in [0.4, 0.5) is 5.69 Å². The Morgan fingerprint density at radius 3 is 2.52 bits per heavy atom. The molecule has 6 heteroatoms. The lowest BCUT2D eigenvalue weighted by Gasteiger charge is -1.99. The number of aliphatic imine (C=N–C) groups is 1. The van der Waals surface area contributed by atoms with Crippen LogP contribution in [-0.2, 0) is 4.79 Å². The van der Waals surface area contributed by atoms with E-state index in [9.17, 15) is 15.0 Å². The first-order valence-electron chi connectivity index (χ1n) is 6.89. The third-order valence-electron chi connectivity index (χ3n) is 3.21. The second-order valence-electron chi connectivity index (χ2n) is 5.07.